The van der Waals surface area contributed by atoms with Crippen LogP contribution in [-0.4, -0.2) is 9.78 Å². The Morgan fingerprint density at radius 3 is 2.36 bits per heavy atom. The van der Waals surface area contributed by atoms with Gasteiger partial charge in [0.15, 0.2) is 0 Å². The van der Waals surface area contributed by atoms with Crippen LogP contribution in [0.15, 0.2) is 6.07 Å². The molecule has 1 rings (SSSR count). The molecule has 0 unspecified atom stereocenters. The van der Waals surface area contributed by atoms with Gasteiger partial charge in [0.2, 0.25) is 0 Å². The summed E-state index contributed by atoms with van der Waals surface area (Å²) >= 11 is 0. The van der Waals surface area contributed by atoms with E-state index in [0.717, 1.165) is 12.1 Å². The monoisotopic (exact) mass is 204 g/mol. The minimum atomic E-state index is -2.46. The molecule has 0 aliphatic heterocycles. The van der Waals surface area contributed by atoms with E-state index in [0.29, 0.717) is 6.54 Å². The summed E-state index contributed by atoms with van der Waals surface area (Å²) in [6.07, 6.45) is -1.55. The van der Waals surface area contributed by atoms with E-state index in [1.54, 1.807) is 11.6 Å². The first-order valence-electron chi connectivity index (χ1n) is 4.97. The fraction of sp³-hybridized carbons (Fsp3) is 0.700. The fourth-order valence-electron chi connectivity index (χ4n) is 1.08. The highest BCUT2D eigenvalue weighted by atomic mass is 19.3. The Bertz CT molecular complexity index is 257. The van der Waals surface area contributed by atoms with Crippen molar-refractivity contribution in [3.8, 4) is 0 Å². The predicted molar refractivity (Wildman–Crippen MR) is 53.6 cm³/mol. The maximum atomic E-state index is 12.1. The molecule has 0 aliphatic carbocycles. The Morgan fingerprint density at radius 1 is 1.43 bits per heavy atom. The van der Waals surface area contributed by atoms with Crippen LogP contribution in [0.4, 0.5) is 8.78 Å². The Morgan fingerprint density at radius 2 is 2.00 bits per heavy atom. The van der Waals surface area contributed by atoms with Gasteiger partial charge in [0.05, 0.1) is 0 Å². The van der Waals surface area contributed by atoms with E-state index in [1.165, 1.54) is 6.07 Å². The second-order valence-electron chi connectivity index (χ2n) is 2.73. The van der Waals surface area contributed by atoms with E-state index < -0.39 is 6.43 Å². The second-order valence-corrected chi connectivity index (χ2v) is 2.73. The zero-order valence-electron chi connectivity index (χ0n) is 9.22. The lowest BCUT2D eigenvalue weighted by atomic mass is 10.4. The summed E-state index contributed by atoms with van der Waals surface area (Å²) in [5, 5.41) is 3.77. The molecule has 0 bridgehead atoms. The van der Waals surface area contributed by atoms with Crippen LogP contribution in [0.3, 0.4) is 0 Å². The molecule has 1 aromatic heterocycles. The van der Waals surface area contributed by atoms with Gasteiger partial charge in [-0.1, -0.05) is 20.8 Å². The summed E-state index contributed by atoms with van der Waals surface area (Å²) in [4.78, 5) is 0. The number of rotatable bonds is 3. The summed E-state index contributed by atoms with van der Waals surface area (Å²) in [6.45, 7) is 8.48. The molecule has 0 atom stereocenters. The van der Waals surface area contributed by atoms with Gasteiger partial charge in [-0.2, -0.15) is 5.10 Å². The third-order valence-electron chi connectivity index (χ3n) is 1.66. The molecule has 0 amide bonds. The number of aromatic nitrogens is 2. The molecule has 0 spiro atoms. The lowest BCUT2D eigenvalue weighted by Gasteiger charge is -1.99. The summed E-state index contributed by atoms with van der Waals surface area (Å²) in [5.41, 5.74) is 0.674. The van der Waals surface area contributed by atoms with Crippen molar-refractivity contribution in [2.75, 3.05) is 0 Å². The Labute approximate surface area is 83.9 Å². The fourth-order valence-corrected chi connectivity index (χ4v) is 1.08. The summed E-state index contributed by atoms with van der Waals surface area (Å²) in [5.74, 6) is 0. The number of hydrogen-bond donors (Lipinski definition) is 0. The van der Waals surface area contributed by atoms with Crippen LogP contribution in [0, 0.1) is 6.92 Å². The van der Waals surface area contributed by atoms with E-state index in [1.807, 2.05) is 20.8 Å². The maximum absolute atomic E-state index is 12.1. The lowest BCUT2D eigenvalue weighted by molar-refractivity contribution is 0.145. The molecule has 14 heavy (non-hydrogen) atoms. The third kappa shape index (κ3) is 3.44. The second kappa shape index (κ2) is 6.51. The predicted octanol–water partition coefficient (Wildman–Crippen LogP) is 3.57. The molecule has 0 saturated heterocycles. The van der Waals surface area contributed by atoms with E-state index >= 15 is 0 Å². The third-order valence-corrected chi connectivity index (χ3v) is 1.66. The van der Waals surface area contributed by atoms with Crippen LogP contribution in [0.25, 0.3) is 0 Å². The molecule has 0 aliphatic rings. The van der Waals surface area contributed by atoms with Crippen LogP contribution in [0.5, 0.6) is 0 Å². The van der Waals surface area contributed by atoms with Crippen molar-refractivity contribution in [3.05, 3.63) is 17.5 Å². The van der Waals surface area contributed by atoms with Gasteiger partial charge in [-0.15, -0.1) is 0 Å². The largest absolute Gasteiger partial charge is 0.282 e. The smallest absolute Gasteiger partial charge is 0.269 e. The molecule has 1 heterocycles. The molecule has 0 N–H and O–H groups in total. The molecule has 0 aromatic carbocycles. The Kier molecular flexibility index (Phi) is 6.08. The summed E-state index contributed by atoms with van der Waals surface area (Å²) in [6, 6.07) is 1.43. The zero-order valence-corrected chi connectivity index (χ0v) is 9.22. The number of aryl methyl sites for hydroxylation is 2. The molecule has 1 aromatic rings. The summed E-state index contributed by atoms with van der Waals surface area (Å²) < 4.78 is 25.9. The van der Waals surface area contributed by atoms with Crippen molar-refractivity contribution in [1.29, 1.82) is 0 Å². The van der Waals surface area contributed by atoms with Crippen molar-refractivity contribution in [2.24, 2.45) is 0 Å². The van der Waals surface area contributed by atoms with Gasteiger partial charge in [0, 0.05) is 12.2 Å². The van der Waals surface area contributed by atoms with Gasteiger partial charge in [-0.25, -0.2) is 8.78 Å². The molecule has 0 radical (unpaired) electrons. The van der Waals surface area contributed by atoms with Gasteiger partial charge in [0.25, 0.3) is 6.43 Å². The molecule has 2 nitrogen and oxygen atoms in total. The van der Waals surface area contributed by atoms with Crippen LogP contribution >= 0.6 is 0 Å². The van der Waals surface area contributed by atoms with E-state index in [4.69, 9.17) is 0 Å². The van der Waals surface area contributed by atoms with E-state index in [-0.39, 0.29) is 5.69 Å². The minimum absolute atomic E-state index is 0.124. The highest BCUT2D eigenvalue weighted by molar-refractivity contribution is 5.09. The first-order chi connectivity index (χ1) is 6.65. The van der Waals surface area contributed by atoms with Crippen molar-refractivity contribution in [2.45, 2.75) is 47.1 Å². The molecule has 0 fully saturated rings. The van der Waals surface area contributed by atoms with Gasteiger partial charge in [-0.3, -0.25) is 4.68 Å². The SMILES string of the molecule is CC.CCCn1nc(C(F)F)cc1C. The van der Waals surface area contributed by atoms with Crippen molar-refractivity contribution in [1.82, 2.24) is 9.78 Å². The van der Waals surface area contributed by atoms with Crippen molar-refractivity contribution >= 4 is 0 Å². The van der Waals surface area contributed by atoms with E-state index in [9.17, 15) is 8.78 Å². The highest BCUT2D eigenvalue weighted by Gasteiger charge is 2.12. The standard InChI is InChI=1S/C8H12F2N2.C2H6/c1-3-4-12-6(2)5-7(11-12)8(9)10;1-2/h5,8H,3-4H2,1-2H3;1-2H3. The molecule has 0 saturated carbocycles. The van der Waals surface area contributed by atoms with Crippen molar-refractivity contribution in [3.63, 3.8) is 0 Å². The topological polar surface area (TPSA) is 17.8 Å². The Balaban J connectivity index is 0.000000791. The molecular formula is C10H18F2N2. The zero-order chi connectivity index (χ0) is 11.1. The van der Waals surface area contributed by atoms with E-state index in [2.05, 4.69) is 5.10 Å². The number of nitrogens with zero attached hydrogens (tertiary/aromatic N) is 2. The first-order valence-corrected chi connectivity index (χ1v) is 4.97. The Hall–Kier alpha value is -0.930. The minimum Gasteiger partial charge on any atom is -0.269 e. The van der Waals surface area contributed by atoms with Crippen molar-refractivity contribution < 1.29 is 8.78 Å². The molecule has 4 heteroatoms. The van der Waals surface area contributed by atoms with Gasteiger partial charge in [-0.05, 0) is 19.4 Å². The quantitative estimate of drug-likeness (QED) is 0.736. The maximum Gasteiger partial charge on any atom is 0.282 e. The van der Waals surface area contributed by atoms with Crippen LogP contribution < -0.4 is 0 Å². The lowest BCUT2D eigenvalue weighted by Crippen LogP contribution is -2.01. The number of alkyl halides is 2. The van der Waals surface area contributed by atoms with Crippen LogP contribution in [-0.2, 0) is 6.54 Å². The first kappa shape index (κ1) is 13.1. The average Bonchev–Trinajstić information content (AvgIpc) is 2.52. The van der Waals surface area contributed by atoms with Crippen LogP contribution in [0.1, 0.15) is 45.0 Å². The van der Waals surface area contributed by atoms with Crippen LogP contribution in [0.2, 0.25) is 0 Å². The number of halogens is 2. The molecular weight excluding hydrogens is 186 g/mol. The van der Waals surface area contributed by atoms with Gasteiger partial charge in [0.1, 0.15) is 5.69 Å². The normalized spacial score (nSPS) is 9.93. The molecule has 82 valence electrons. The average molecular weight is 204 g/mol. The van der Waals surface area contributed by atoms with Gasteiger partial charge >= 0.3 is 0 Å². The van der Waals surface area contributed by atoms with Gasteiger partial charge < -0.3 is 0 Å². The summed E-state index contributed by atoms with van der Waals surface area (Å²) in [7, 11) is 0. The number of hydrogen-bond acceptors (Lipinski definition) is 1. The highest BCUT2D eigenvalue weighted by Crippen LogP contribution is 2.17.